The highest BCUT2D eigenvalue weighted by molar-refractivity contribution is 7.98. The fourth-order valence-electron chi connectivity index (χ4n) is 2.28. The maximum absolute atomic E-state index is 11.9. The number of carbonyl (C=O) groups excluding carboxylic acids is 1. The Bertz CT molecular complexity index is 229. The second-order valence-electron chi connectivity index (χ2n) is 5.06. The number of amides is 1. The molecular weight excluding hydrogens is 232 g/mol. The summed E-state index contributed by atoms with van der Waals surface area (Å²) in [7, 11) is 0. The van der Waals surface area contributed by atoms with E-state index in [1.807, 2.05) is 18.7 Å². The summed E-state index contributed by atoms with van der Waals surface area (Å²) in [6.07, 6.45) is 8.06. The lowest BCUT2D eigenvalue weighted by molar-refractivity contribution is -0.123. The van der Waals surface area contributed by atoms with Gasteiger partial charge in [-0.3, -0.25) is 4.79 Å². The molecule has 4 heteroatoms. The molecule has 1 fully saturated rings. The normalized spacial score (nSPS) is 20.2. The zero-order valence-electron chi connectivity index (χ0n) is 11.3. The molecule has 0 aromatic rings. The highest BCUT2D eigenvalue weighted by Crippen LogP contribution is 2.17. The van der Waals surface area contributed by atoms with Crippen LogP contribution in [-0.4, -0.2) is 36.0 Å². The molecule has 1 rings (SSSR count). The summed E-state index contributed by atoms with van der Waals surface area (Å²) >= 11 is 1.85. The molecule has 0 spiro atoms. The first kappa shape index (κ1) is 14.8. The van der Waals surface area contributed by atoms with Crippen molar-refractivity contribution in [2.45, 2.75) is 64.1 Å². The number of carbonyl (C=O) groups is 1. The van der Waals surface area contributed by atoms with Crippen LogP contribution in [0.5, 0.6) is 0 Å². The van der Waals surface area contributed by atoms with Crippen molar-refractivity contribution < 1.29 is 4.79 Å². The molecule has 2 N–H and O–H groups in total. The van der Waals surface area contributed by atoms with Crippen LogP contribution >= 0.6 is 11.8 Å². The summed E-state index contributed by atoms with van der Waals surface area (Å²) < 4.78 is 0. The van der Waals surface area contributed by atoms with Gasteiger partial charge in [0.1, 0.15) is 0 Å². The van der Waals surface area contributed by atoms with Crippen LogP contribution in [0.2, 0.25) is 0 Å². The average molecular weight is 258 g/mol. The van der Waals surface area contributed by atoms with Crippen LogP contribution in [0, 0.1) is 0 Å². The largest absolute Gasteiger partial charge is 0.352 e. The van der Waals surface area contributed by atoms with E-state index in [1.54, 1.807) is 0 Å². The van der Waals surface area contributed by atoms with Gasteiger partial charge in [-0.1, -0.05) is 12.8 Å². The lowest BCUT2D eigenvalue weighted by Crippen LogP contribution is -2.48. The van der Waals surface area contributed by atoms with Gasteiger partial charge in [-0.15, -0.1) is 0 Å². The number of hydrogen-bond donors (Lipinski definition) is 2. The third kappa shape index (κ3) is 5.77. The van der Waals surface area contributed by atoms with Crippen LogP contribution in [0.15, 0.2) is 0 Å². The molecule has 100 valence electrons. The van der Waals surface area contributed by atoms with Crippen LogP contribution in [-0.2, 0) is 4.79 Å². The molecule has 0 radical (unpaired) electrons. The van der Waals surface area contributed by atoms with Crippen molar-refractivity contribution >= 4 is 17.7 Å². The number of nitrogens with one attached hydrogen (secondary N) is 2. The molecular formula is C13H26N2OS. The van der Waals surface area contributed by atoms with Crippen molar-refractivity contribution in [3.05, 3.63) is 0 Å². The predicted molar refractivity (Wildman–Crippen MR) is 75.5 cm³/mol. The number of thioether (sulfide) groups is 1. The quantitative estimate of drug-likeness (QED) is 0.735. The smallest absolute Gasteiger partial charge is 0.237 e. The lowest BCUT2D eigenvalue weighted by Gasteiger charge is -2.21. The maximum atomic E-state index is 11.9. The minimum atomic E-state index is -0.0764. The molecule has 0 saturated heterocycles. The van der Waals surface area contributed by atoms with Crippen molar-refractivity contribution in [2.24, 2.45) is 0 Å². The van der Waals surface area contributed by atoms with Gasteiger partial charge >= 0.3 is 0 Å². The summed E-state index contributed by atoms with van der Waals surface area (Å²) in [4.78, 5) is 11.9. The van der Waals surface area contributed by atoms with Gasteiger partial charge in [0, 0.05) is 12.1 Å². The average Bonchev–Trinajstić information content (AvgIpc) is 2.78. The van der Waals surface area contributed by atoms with Gasteiger partial charge in [-0.2, -0.15) is 11.8 Å². The van der Waals surface area contributed by atoms with E-state index in [0.717, 1.165) is 25.0 Å². The molecule has 0 bridgehead atoms. The van der Waals surface area contributed by atoms with Gasteiger partial charge in [-0.25, -0.2) is 0 Å². The van der Waals surface area contributed by atoms with Gasteiger partial charge in [0.25, 0.3) is 0 Å². The van der Waals surface area contributed by atoms with E-state index in [2.05, 4.69) is 23.8 Å². The molecule has 0 aliphatic heterocycles. The third-order valence-corrected chi connectivity index (χ3v) is 4.03. The Morgan fingerprint density at radius 2 is 2.00 bits per heavy atom. The Balaban J connectivity index is 2.20. The van der Waals surface area contributed by atoms with Crippen molar-refractivity contribution in [1.82, 2.24) is 10.6 Å². The molecule has 0 aromatic heterocycles. The molecule has 1 aliphatic rings. The SMILES string of the molecule is CSCCC(C)NC(C)C(=O)NC1CCCC1. The van der Waals surface area contributed by atoms with Crippen molar-refractivity contribution in [3.8, 4) is 0 Å². The summed E-state index contributed by atoms with van der Waals surface area (Å²) in [6, 6.07) is 0.757. The molecule has 2 atom stereocenters. The molecule has 3 nitrogen and oxygen atoms in total. The Morgan fingerprint density at radius 1 is 1.35 bits per heavy atom. The summed E-state index contributed by atoms with van der Waals surface area (Å²) in [6.45, 7) is 4.11. The van der Waals surface area contributed by atoms with Crippen molar-refractivity contribution in [2.75, 3.05) is 12.0 Å². The van der Waals surface area contributed by atoms with Crippen LogP contribution < -0.4 is 10.6 Å². The summed E-state index contributed by atoms with van der Waals surface area (Å²) in [5.74, 6) is 1.30. The van der Waals surface area contributed by atoms with Gasteiger partial charge in [0.15, 0.2) is 0 Å². The van der Waals surface area contributed by atoms with E-state index >= 15 is 0 Å². The first-order chi connectivity index (χ1) is 8.13. The lowest BCUT2D eigenvalue weighted by atomic mass is 10.2. The van der Waals surface area contributed by atoms with Crippen molar-refractivity contribution in [1.29, 1.82) is 0 Å². The van der Waals surface area contributed by atoms with Crippen LogP contribution in [0.1, 0.15) is 46.0 Å². The fourth-order valence-corrected chi connectivity index (χ4v) is 2.87. The second kappa shape index (κ2) is 7.98. The minimum Gasteiger partial charge on any atom is -0.352 e. The standard InChI is InChI=1S/C13H26N2OS/c1-10(8-9-17-3)14-11(2)13(16)15-12-6-4-5-7-12/h10-12,14H,4-9H2,1-3H3,(H,15,16). The van der Waals surface area contributed by atoms with E-state index in [9.17, 15) is 4.79 Å². The van der Waals surface area contributed by atoms with E-state index in [4.69, 9.17) is 0 Å². The van der Waals surface area contributed by atoms with E-state index in [1.165, 1.54) is 12.8 Å². The monoisotopic (exact) mass is 258 g/mol. The molecule has 17 heavy (non-hydrogen) atoms. The van der Waals surface area contributed by atoms with Crippen LogP contribution in [0.25, 0.3) is 0 Å². The molecule has 1 saturated carbocycles. The van der Waals surface area contributed by atoms with E-state index < -0.39 is 0 Å². The van der Waals surface area contributed by atoms with Crippen molar-refractivity contribution in [3.63, 3.8) is 0 Å². The Labute approximate surface area is 109 Å². The molecule has 1 amide bonds. The van der Waals surface area contributed by atoms with E-state index in [0.29, 0.717) is 12.1 Å². The van der Waals surface area contributed by atoms with E-state index in [-0.39, 0.29) is 11.9 Å². The number of rotatable bonds is 7. The summed E-state index contributed by atoms with van der Waals surface area (Å²) in [5, 5.41) is 6.50. The fraction of sp³-hybridized carbons (Fsp3) is 0.923. The Kier molecular flexibility index (Phi) is 6.97. The second-order valence-corrected chi connectivity index (χ2v) is 6.05. The Morgan fingerprint density at radius 3 is 2.59 bits per heavy atom. The Hall–Kier alpha value is -0.220. The molecule has 1 aliphatic carbocycles. The van der Waals surface area contributed by atoms with Gasteiger partial charge in [0.05, 0.1) is 6.04 Å². The maximum Gasteiger partial charge on any atom is 0.237 e. The minimum absolute atomic E-state index is 0.0764. The van der Waals surface area contributed by atoms with Gasteiger partial charge in [-0.05, 0) is 45.1 Å². The van der Waals surface area contributed by atoms with Gasteiger partial charge in [0.2, 0.25) is 5.91 Å². The zero-order valence-corrected chi connectivity index (χ0v) is 12.1. The molecule has 2 unspecified atom stereocenters. The molecule has 0 heterocycles. The zero-order chi connectivity index (χ0) is 12.7. The first-order valence-corrected chi connectivity index (χ1v) is 8.08. The van der Waals surface area contributed by atoms with Crippen LogP contribution in [0.4, 0.5) is 0 Å². The third-order valence-electron chi connectivity index (χ3n) is 3.38. The van der Waals surface area contributed by atoms with Crippen LogP contribution in [0.3, 0.4) is 0 Å². The first-order valence-electron chi connectivity index (χ1n) is 6.69. The summed E-state index contributed by atoms with van der Waals surface area (Å²) in [5.41, 5.74) is 0. The predicted octanol–water partition coefficient (Wildman–Crippen LogP) is 2.16. The highest BCUT2D eigenvalue weighted by atomic mass is 32.2. The van der Waals surface area contributed by atoms with Gasteiger partial charge < -0.3 is 10.6 Å². The molecule has 0 aromatic carbocycles. The topological polar surface area (TPSA) is 41.1 Å². The number of hydrogen-bond acceptors (Lipinski definition) is 3. The highest BCUT2D eigenvalue weighted by Gasteiger charge is 2.21.